The maximum absolute atomic E-state index is 12.1. The summed E-state index contributed by atoms with van der Waals surface area (Å²) in [5.74, 6) is -0.384. The zero-order valence-electron chi connectivity index (χ0n) is 14.6. The lowest BCUT2D eigenvalue weighted by molar-refractivity contribution is -0.605. The van der Waals surface area contributed by atoms with Crippen LogP contribution in [0.25, 0.3) is 0 Å². The van der Waals surface area contributed by atoms with Crippen molar-refractivity contribution in [2.24, 2.45) is 0 Å². The third kappa shape index (κ3) is 5.21. The maximum Gasteiger partial charge on any atom is 0.275 e. The zero-order chi connectivity index (χ0) is 19.9. The van der Waals surface area contributed by atoms with E-state index in [-0.39, 0.29) is 5.56 Å². The van der Waals surface area contributed by atoms with Crippen molar-refractivity contribution in [3.8, 4) is 5.75 Å². The van der Waals surface area contributed by atoms with E-state index in [9.17, 15) is 14.8 Å². The SMILES string of the molecule is O=C(NNC(=O)c1ccc[n+]([O-])c1)c1ccc(COc2ccc(Cl)cc2)cc1. The molecule has 2 N–H and O–H groups in total. The van der Waals surface area contributed by atoms with Crippen LogP contribution in [0.5, 0.6) is 5.75 Å². The number of hydrogen-bond donors (Lipinski definition) is 2. The fourth-order valence-electron chi connectivity index (χ4n) is 2.30. The Kier molecular flexibility index (Phi) is 6.08. The molecule has 0 aliphatic rings. The van der Waals surface area contributed by atoms with Crippen LogP contribution in [0.2, 0.25) is 5.02 Å². The van der Waals surface area contributed by atoms with Gasteiger partial charge in [-0.1, -0.05) is 23.7 Å². The van der Waals surface area contributed by atoms with E-state index in [1.807, 2.05) is 0 Å². The highest BCUT2D eigenvalue weighted by atomic mass is 35.5. The van der Waals surface area contributed by atoms with Crippen molar-refractivity contribution in [2.45, 2.75) is 6.61 Å². The Labute approximate surface area is 166 Å². The van der Waals surface area contributed by atoms with Crippen molar-refractivity contribution < 1.29 is 19.1 Å². The van der Waals surface area contributed by atoms with Gasteiger partial charge in [0.1, 0.15) is 17.9 Å². The van der Waals surface area contributed by atoms with Crippen LogP contribution < -0.4 is 20.3 Å². The Morgan fingerprint density at radius 1 is 0.929 bits per heavy atom. The van der Waals surface area contributed by atoms with Gasteiger partial charge in [0.25, 0.3) is 11.8 Å². The predicted molar refractivity (Wildman–Crippen MR) is 103 cm³/mol. The lowest BCUT2D eigenvalue weighted by Crippen LogP contribution is -2.42. The van der Waals surface area contributed by atoms with Crippen molar-refractivity contribution in [3.05, 3.63) is 100.0 Å². The second kappa shape index (κ2) is 8.88. The lowest BCUT2D eigenvalue weighted by atomic mass is 10.1. The molecule has 1 aromatic heterocycles. The molecule has 2 aromatic carbocycles. The number of ether oxygens (including phenoxy) is 1. The number of hydrogen-bond acceptors (Lipinski definition) is 4. The first-order valence-corrected chi connectivity index (χ1v) is 8.66. The number of benzene rings is 2. The fraction of sp³-hybridized carbons (Fsp3) is 0.0500. The molecular formula is C20H16ClN3O4. The van der Waals surface area contributed by atoms with Crippen LogP contribution in [0.15, 0.2) is 73.1 Å². The Morgan fingerprint density at radius 2 is 1.57 bits per heavy atom. The summed E-state index contributed by atoms with van der Waals surface area (Å²) in [4.78, 5) is 24.1. The summed E-state index contributed by atoms with van der Waals surface area (Å²) in [6.45, 7) is 0.337. The normalized spacial score (nSPS) is 10.2. The Balaban J connectivity index is 1.51. The molecule has 8 heteroatoms. The second-order valence-corrected chi connectivity index (χ2v) is 6.24. The Bertz CT molecular complexity index is 976. The number of pyridine rings is 1. The third-order valence-electron chi connectivity index (χ3n) is 3.76. The van der Waals surface area contributed by atoms with Gasteiger partial charge in [0, 0.05) is 16.7 Å². The van der Waals surface area contributed by atoms with E-state index in [4.69, 9.17) is 16.3 Å². The molecule has 3 rings (SSSR count). The highest BCUT2D eigenvalue weighted by Gasteiger charge is 2.11. The van der Waals surface area contributed by atoms with E-state index in [1.54, 1.807) is 48.5 Å². The van der Waals surface area contributed by atoms with E-state index in [0.717, 1.165) is 11.8 Å². The summed E-state index contributed by atoms with van der Waals surface area (Å²) in [5, 5.41) is 11.8. The summed E-state index contributed by atoms with van der Waals surface area (Å²) in [7, 11) is 0. The van der Waals surface area contributed by atoms with Crippen molar-refractivity contribution in [1.29, 1.82) is 0 Å². The van der Waals surface area contributed by atoms with E-state index in [2.05, 4.69) is 10.9 Å². The van der Waals surface area contributed by atoms with Gasteiger partial charge in [0.05, 0.1) is 0 Å². The zero-order valence-corrected chi connectivity index (χ0v) is 15.3. The number of hydrazine groups is 1. The number of aromatic nitrogens is 1. The van der Waals surface area contributed by atoms with Crippen LogP contribution in [-0.2, 0) is 6.61 Å². The third-order valence-corrected chi connectivity index (χ3v) is 4.01. The van der Waals surface area contributed by atoms with E-state index in [0.29, 0.717) is 27.7 Å². The molecule has 142 valence electrons. The summed E-state index contributed by atoms with van der Waals surface area (Å²) in [6.07, 6.45) is 2.37. The summed E-state index contributed by atoms with van der Waals surface area (Å²) >= 11 is 5.83. The first-order valence-electron chi connectivity index (χ1n) is 8.28. The molecule has 3 aromatic rings. The number of nitrogens with zero attached hydrogens (tertiary/aromatic N) is 1. The van der Waals surface area contributed by atoms with Crippen molar-refractivity contribution >= 4 is 23.4 Å². The average molecular weight is 398 g/mol. The van der Waals surface area contributed by atoms with E-state index >= 15 is 0 Å². The Hall–Kier alpha value is -3.58. The van der Waals surface area contributed by atoms with Crippen molar-refractivity contribution in [1.82, 2.24) is 10.9 Å². The van der Waals surface area contributed by atoms with Gasteiger partial charge in [-0.25, -0.2) is 0 Å². The van der Waals surface area contributed by atoms with Crippen LogP contribution in [-0.4, -0.2) is 11.8 Å². The van der Waals surface area contributed by atoms with E-state index in [1.165, 1.54) is 18.3 Å². The molecule has 0 spiro atoms. The number of amides is 2. The van der Waals surface area contributed by atoms with Gasteiger partial charge in [-0.3, -0.25) is 20.4 Å². The monoisotopic (exact) mass is 397 g/mol. The molecule has 0 saturated carbocycles. The quantitative estimate of drug-likeness (QED) is 0.393. The molecule has 0 unspecified atom stereocenters. The molecular weight excluding hydrogens is 382 g/mol. The van der Waals surface area contributed by atoms with Gasteiger partial charge in [-0.05, 0) is 48.0 Å². The molecule has 2 amide bonds. The molecule has 0 fully saturated rings. The smallest absolute Gasteiger partial charge is 0.275 e. The average Bonchev–Trinajstić information content (AvgIpc) is 2.71. The molecule has 28 heavy (non-hydrogen) atoms. The van der Waals surface area contributed by atoms with Gasteiger partial charge in [0.15, 0.2) is 12.4 Å². The largest absolute Gasteiger partial charge is 0.619 e. The molecule has 0 saturated heterocycles. The highest BCUT2D eigenvalue weighted by molar-refractivity contribution is 6.30. The maximum atomic E-state index is 12.1. The topological polar surface area (TPSA) is 94.4 Å². The number of nitrogens with one attached hydrogen (secondary N) is 2. The van der Waals surface area contributed by atoms with Crippen LogP contribution >= 0.6 is 11.6 Å². The van der Waals surface area contributed by atoms with Gasteiger partial charge in [-0.15, -0.1) is 0 Å². The van der Waals surface area contributed by atoms with Crippen LogP contribution in [0.1, 0.15) is 26.3 Å². The standard InChI is InChI=1S/C20H16ClN3O4/c21-17-7-9-18(10-8-17)28-13-14-3-5-15(6-4-14)19(25)22-23-20(26)16-2-1-11-24(27)12-16/h1-12H,13H2,(H,22,25)(H,23,26). The van der Waals surface area contributed by atoms with Crippen molar-refractivity contribution in [2.75, 3.05) is 0 Å². The van der Waals surface area contributed by atoms with Crippen LogP contribution in [0, 0.1) is 5.21 Å². The number of rotatable bonds is 5. The lowest BCUT2D eigenvalue weighted by Gasteiger charge is -2.09. The minimum absolute atomic E-state index is 0.132. The van der Waals surface area contributed by atoms with Gasteiger partial charge in [0.2, 0.25) is 0 Å². The number of carbonyl (C=O) groups is 2. The Morgan fingerprint density at radius 3 is 2.21 bits per heavy atom. The van der Waals surface area contributed by atoms with Crippen LogP contribution in [0.3, 0.4) is 0 Å². The van der Waals surface area contributed by atoms with Crippen molar-refractivity contribution in [3.63, 3.8) is 0 Å². The molecule has 0 aliphatic carbocycles. The highest BCUT2D eigenvalue weighted by Crippen LogP contribution is 2.17. The first kappa shape index (κ1) is 19.2. The number of halogens is 1. The van der Waals surface area contributed by atoms with Gasteiger partial charge < -0.3 is 9.94 Å². The molecule has 0 bridgehead atoms. The summed E-state index contributed by atoms with van der Waals surface area (Å²) in [5.41, 5.74) is 5.94. The van der Waals surface area contributed by atoms with E-state index < -0.39 is 11.8 Å². The minimum atomic E-state index is -0.591. The molecule has 0 atom stereocenters. The van der Waals surface area contributed by atoms with Crippen LogP contribution in [0.4, 0.5) is 0 Å². The molecule has 0 radical (unpaired) electrons. The summed E-state index contributed by atoms with van der Waals surface area (Å²) in [6, 6.07) is 16.7. The first-order chi connectivity index (χ1) is 13.5. The van der Waals surface area contributed by atoms with Gasteiger partial charge >= 0.3 is 0 Å². The fourth-order valence-corrected chi connectivity index (χ4v) is 2.42. The molecule has 7 nitrogen and oxygen atoms in total. The molecule has 1 heterocycles. The second-order valence-electron chi connectivity index (χ2n) is 5.80. The predicted octanol–water partition coefficient (Wildman–Crippen LogP) is 2.63. The number of carbonyl (C=O) groups excluding carboxylic acids is 2. The molecule has 0 aliphatic heterocycles. The minimum Gasteiger partial charge on any atom is -0.619 e. The summed E-state index contributed by atoms with van der Waals surface area (Å²) < 4.78 is 6.14. The van der Waals surface area contributed by atoms with Gasteiger partial charge in [-0.2, -0.15) is 4.73 Å².